The van der Waals surface area contributed by atoms with E-state index in [0.717, 1.165) is 16.7 Å². The molecule has 0 saturated carbocycles. The Balaban J connectivity index is 0.912. The molecule has 5 heterocycles. The molecule has 0 unspecified atom stereocenters. The lowest BCUT2D eigenvalue weighted by atomic mass is 10.0. The van der Waals surface area contributed by atoms with E-state index in [-0.39, 0.29) is 30.7 Å². The van der Waals surface area contributed by atoms with Gasteiger partial charge in [-0.25, -0.2) is 0 Å². The van der Waals surface area contributed by atoms with Crippen LogP contribution in [0.2, 0.25) is 0 Å². The maximum atomic E-state index is 13.8. The summed E-state index contributed by atoms with van der Waals surface area (Å²) < 4.78 is 34.4. The minimum absolute atomic E-state index is 0.157. The van der Waals surface area contributed by atoms with Crippen LogP contribution in [0.25, 0.3) is 5.57 Å². The van der Waals surface area contributed by atoms with Crippen molar-refractivity contribution in [3.63, 3.8) is 0 Å². The Kier molecular flexibility index (Phi) is 8.85. The second-order valence-electron chi connectivity index (χ2n) is 12.7. The van der Waals surface area contributed by atoms with Crippen LogP contribution in [-0.2, 0) is 0 Å². The molecule has 8 rings (SSSR count). The quantitative estimate of drug-likeness (QED) is 0.253. The topological polar surface area (TPSA) is 147 Å². The molecule has 0 spiro atoms. The predicted octanol–water partition coefficient (Wildman–Crippen LogP) is 5.58. The molecule has 3 aromatic rings. The van der Waals surface area contributed by atoms with Crippen LogP contribution in [0, 0.1) is 0 Å². The third-order valence-corrected chi connectivity index (χ3v) is 9.47. The van der Waals surface area contributed by atoms with Crippen LogP contribution >= 0.6 is 0 Å². The summed E-state index contributed by atoms with van der Waals surface area (Å²) in [5.74, 6) is 2.88. The molecule has 52 heavy (non-hydrogen) atoms. The molecule has 0 aromatic heterocycles. The number of aliphatic imine (C=N–C) groups is 2. The minimum atomic E-state index is -0.229. The fourth-order valence-corrected chi connectivity index (χ4v) is 6.83. The first-order chi connectivity index (χ1) is 25.4. The maximum absolute atomic E-state index is 13.8. The van der Waals surface area contributed by atoms with E-state index >= 15 is 0 Å². The van der Waals surface area contributed by atoms with Crippen LogP contribution in [-0.4, -0.2) is 86.9 Å². The van der Waals surface area contributed by atoms with E-state index in [1.807, 2.05) is 42.8 Å². The largest absolute Gasteiger partial charge is 0.493 e. The molecule has 0 radical (unpaired) electrons. The number of hydrogen-bond donors (Lipinski definition) is 1. The lowest BCUT2D eigenvalue weighted by Crippen LogP contribution is -2.32. The average molecular weight is 704 g/mol. The van der Waals surface area contributed by atoms with Crippen LogP contribution in [0.15, 0.2) is 82.6 Å². The molecule has 2 N–H and O–H groups in total. The zero-order chi connectivity index (χ0) is 35.8. The average Bonchev–Trinajstić information content (AvgIpc) is 3.89. The summed E-state index contributed by atoms with van der Waals surface area (Å²) in [5.41, 5.74) is 10.5. The normalized spacial score (nSPS) is 19.4. The van der Waals surface area contributed by atoms with E-state index in [1.165, 1.54) is 14.2 Å². The van der Waals surface area contributed by atoms with Crippen molar-refractivity contribution < 1.29 is 38.0 Å². The number of methoxy groups -OCH3 is 2. The van der Waals surface area contributed by atoms with Gasteiger partial charge in [-0.1, -0.05) is 18.2 Å². The number of nitrogens with zero attached hydrogens (tertiary/aromatic N) is 4. The van der Waals surface area contributed by atoms with E-state index in [1.54, 1.807) is 46.5 Å². The van der Waals surface area contributed by atoms with Crippen LogP contribution in [0.1, 0.15) is 45.5 Å². The van der Waals surface area contributed by atoms with Crippen molar-refractivity contribution in [1.82, 2.24) is 9.80 Å². The van der Waals surface area contributed by atoms with Crippen LogP contribution in [0.5, 0.6) is 34.5 Å². The Morgan fingerprint density at radius 3 is 2.04 bits per heavy atom. The van der Waals surface area contributed by atoms with E-state index < -0.39 is 0 Å². The summed E-state index contributed by atoms with van der Waals surface area (Å²) in [6, 6.07) is 12.2. The summed E-state index contributed by atoms with van der Waals surface area (Å²) >= 11 is 0. The Bertz CT molecular complexity index is 2100. The van der Waals surface area contributed by atoms with Gasteiger partial charge < -0.3 is 44.0 Å². The fourth-order valence-electron chi connectivity index (χ4n) is 6.83. The number of rotatable bonds is 11. The summed E-state index contributed by atoms with van der Waals surface area (Å²) in [7, 11) is 3.07. The summed E-state index contributed by atoms with van der Waals surface area (Å²) in [4.78, 5) is 40.0. The Labute approximate surface area is 300 Å². The van der Waals surface area contributed by atoms with Crippen molar-refractivity contribution in [2.45, 2.75) is 31.3 Å². The molecular formula is C39H37N5O8. The number of carbonyl (C=O) groups is 2. The monoisotopic (exact) mass is 703 g/mol. The highest BCUT2D eigenvalue weighted by molar-refractivity contribution is 6.06. The van der Waals surface area contributed by atoms with Crippen molar-refractivity contribution in [2.75, 3.05) is 40.8 Å². The molecule has 0 bridgehead atoms. The summed E-state index contributed by atoms with van der Waals surface area (Å²) in [6.45, 7) is 1.24. The Hall–Kier alpha value is -6.08. The molecular weight excluding hydrogens is 666 g/mol. The lowest BCUT2D eigenvalue weighted by Gasteiger charge is -2.19. The summed E-state index contributed by atoms with van der Waals surface area (Å²) in [5, 5.41) is 0. The third-order valence-electron chi connectivity index (χ3n) is 9.47. The molecule has 0 aliphatic carbocycles. The third kappa shape index (κ3) is 6.13. The van der Waals surface area contributed by atoms with Gasteiger partial charge in [0, 0.05) is 56.3 Å². The van der Waals surface area contributed by atoms with Gasteiger partial charge in [0.05, 0.1) is 62.0 Å². The van der Waals surface area contributed by atoms with Gasteiger partial charge in [-0.3, -0.25) is 19.6 Å². The zero-order valence-electron chi connectivity index (χ0n) is 28.7. The van der Waals surface area contributed by atoms with Gasteiger partial charge in [-0.2, -0.15) is 0 Å². The highest BCUT2D eigenvalue weighted by Crippen LogP contribution is 2.42. The molecule has 13 heteroatoms. The first-order valence-electron chi connectivity index (χ1n) is 17.1. The van der Waals surface area contributed by atoms with Crippen molar-refractivity contribution >= 4 is 41.2 Å². The molecule has 3 aromatic carbocycles. The smallest absolute Gasteiger partial charge is 0.260 e. The van der Waals surface area contributed by atoms with Gasteiger partial charge in [0.2, 0.25) is 6.79 Å². The number of hydrogen-bond acceptors (Lipinski definition) is 11. The van der Waals surface area contributed by atoms with Crippen molar-refractivity contribution in [2.24, 2.45) is 15.7 Å². The molecule has 2 amide bonds. The predicted molar refractivity (Wildman–Crippen MR) is 194 cm³/mol. The highest BCUT2D eigenvalue weighted by Gasteiger charge is 2.35. The van der Waals surface area contributed by atoms with Gasteiger partial charge in [-0.05, 0) is 47.4 Å². The van der Waals surface area contributed by atoms with Gasteiger partial charge in [-0.15, -0.1) is 0 Å². The van der Waals surface area contributed by atoms with E-state index in [9.17, 15) is 9.59 Å². The highest BCUT2D eigenvalue weighted by atomic mass is 16.7. The maximum Gasteiger partial charge on any atom is 0.260 e. The number of ether oxygens (including phenoxy) is 6. The van der Waals surface area contributed by atoms with Crippen LogP contribution in [0.3, 0.4) is 0 Å². The second kappa shape index (κ2) is 13.9. The molecule has 5 aliphatic rings. The first-order valence-corrected chi connectivity index (χ1v) is 17.1. The summed E-state index contributed by atoms with van der Waals surface area (Å²) in [6.07, 6.45) is 12.9. The SMILES string of the molecule is COc1cc2c(cc1OCCCOc1cc3c(cc1OC)C(=O)N1C=C(c4ccc5c(c4)OCO5)C[C@H]1C=N3)N=C[C@@H]1CC(C=CCN)=CN1C2=O. The molecule has 5 aliphatic heterocycles. The van der Waals surface area contributed by atoms with Crippen molar-refractivity contribution in [3.8, 4) is 34.5 Å². The van der Waals surface area contributed by atoms with E-state index in [0.29, 0.717) is 96.0 Å². The van der Waals surface area contributed by atoms with Crippen LogP contribution < -0.4 is 34.2 Å². The molecule has 266 valence electrons. The molecule has 2 atom stereocenters. The lowest BCUT2D eigenvalue weighted by molar-refractivity contribution is 0.0809. The second-order valence-corrected chi connectivity index (χ2v) is 12.7. The number of allylic oxidation sites excluding steroid dienone is 1. The van der Waals surface area contributed by atoms with E-state index in [4.69, 9.17) is 39.1 Å². The van der Waals surface area contributed by atoms with Crippen molar-refractivity contribution in [1.29, 1.82) is 0 Å². The standard InChI is InChI=1S/C39H37N5O8/c1-47-33-14-28-30(41-18-26-11-23(5-3-8-40)20-43(26)38(28)45)16-36(33)49-9-4-10-50-37-17-31-29(15-34(37)48-2)39(46)44-21-25(12-27(44)19-42-31)24-6-7-32-35(13-24)52-22-51-32/h3,5-7,13-21,26-27H,4,8-12,22,40H2,1-2H3/t26-,27-/m0/s1. The van der Waals surface area contributed by atoms with Gasteiger partial charge in [0.1, 0.15) is 0 Å². The number of amides is 2. The number of benzene rings is 3. The van der Waals surface area contributed by atoms with E-state index in [2.05, 4.69) is 4.99 Å². The van der Waals surface area contributed by atoms with Gasteiger partial charge in [0.25, 0.3) is 11.8 Å². The van der Waals surface area contributed by atoms with Gasteiger partial charge >= 0.3 is 0 Å². The Morgan fingerprint density at radius 2 is 1.40 bits per heavy atom. The minimum Gasteiger partial charge on any atom is -0.493 e. The number of fused-ring (bicyclic) bond motifs is 5. The number of carbonyl (C=O) groups excluding carboxylic acids is 2. The number of nitrogens with two attached hydrogens (primary N) is 1. The molecule has 0 fully saturated rings. The molecule has 0 saturated heterocycles. The molecule has 13 nitrogen and oxygen atoms in total. The van der Waals surface area contributed by atoms with Gasteiger partial charge in [0.15, 0.2) is 34.5 Å². The Morgan fingerprint density at radius 1 is 0.788 bits per heavy atom. The van der Waals surface area contributed by atoms with Crippen LogP contribution in [0.4, 0.5) is 11.4 Å². The zero-order valence-corrected chi connectivity index (χ0v) is 28.7. The van der Waals surface area contributed by atoms with Crippen molar-refractivity contribution in [3.05, 3.63) is 89.3 Å². The fraction of sp³-hybridized carbons (Fsp3) is 0.282. The first kappa shape index (κ1) is 33.1.